The van der Waals surface area contributed by atoms with Gasteiger partial charge in [-0.05, 0) is 13.3 Å². The van der Waals surface area contributed by atoms with E-state index in [1.54, 1.807) is 0 Å². The lowest BCUT2D eigenvalue weighted by Crippen LogP contribution is -2.26. The van der Waals surface area contributed by atoms with Crippen LogP contribution in [-0.2, 0) is 4.84 Å². The van der Waals surface area contributed by atoms with E-state index >= 15 is 0 Å². The monoisotopic (exact) mass is 204 g/mol. The largest absolute Gasteiger partial charge is 0.246 e. The quantitative estimate of drug-likeness (QED) is 0.820. The van der Waals surface area contributed by atoms with Crippen LogP contribution in [0.2, 0.25) is 0 Å². The third-order valence-electron chi connectivity index (χ3n) is 2.48. The number of amidine groups is 1. The summed E-state index contributed by atoms with van der Waals surface area (Å²) >= 11 is 0. The molecular formula is C12H16N2O. The summed E-state index contributed by atoms with van der Waals surface area (Å²) in [5, 5.41) is 0. The van der Waals surface area contributed by atoms with Gasteiger partial charge in [-0.3, -0.25) is 0 Å². The van der Waals surface area contributed by atoms with Crippen molar-refractivity contribution in [2.45, 2.75) is 32.4 Å². The van der Waals surface area contributed by atoms with Gasteiger partial charge in [-0.1, -0.05) is 43.7 Å². The smallest absolute Gasteiger partial charge is 0.184 e. The van der Waals surface area contributed by atoms with Gasteiger partial charge in [0.25, 0.3) is 0 Å². The summed E-state index contributed by atoms with van der Waals surface area (Å²) in [4.78, 5) is 10.1. The summed E-state index contributed by atoms with van der Waals surface area (Å²) in [6, 6.07) is 10.0. The summed E-state index contributed by atoms with van der Waals surface area (Å²) in [6.07, 6.45) is 1.99. The van der Waals surface area contributed by atoms with E-state index in [0.717, 1.165) is 24.2 Å². The van der Waals surface area contributed by atoms with Gasteiger partial charge in [0.1, 0.15) is 0 Å². The van der Waals surface area contributed by atoms with Crippen LogP contribution in [0.5, 0.6) is 0 Å². The van der Waals surface area contributed by atoms with E-state index in [4.69, 9.17) is 4.84 Å². The molecule has 80 valence electrons. The molecule has 0 spiro atoms. The number of aliphatic imine (C=N–C) groups is 1. The normalized spacial score (nSPS) is 24.8. The third-order valence-corrected chi connectivity index (χ3v) is 2.48. The predicted octanol–water partition coefficient (Wildman–Crippen LogP) is 2.48. The molecule has 0 saturated heterocycles. The molecule has 0 aliphatic carbocycles. The van der Waals surface area contributed by atoms with Crippen molar-refractivity contribution in [2.24, 2.45) is 4.99 Å². The zero-order chi connectivity index (χ0) is 10.7. The van der Waals surface area contributed by atoms with E-state index < -0.39 is 5.72 Å². The minimum Gasteiger partial charge on any atom is -0.246 e. The molecule has 2 rings (SSSR count). The molecule has 1 atom stereocenters. The molecule has 0 saturated carbocycles. The first-order valence-electron chi connectivity index (χ1n) is 5.33. The van der Waals surface area contributed by atoms with Gasteiger partial charge < -0.3 is 0 Å². The second-order valence-electron chi connectivity index (χ2n) is 3.96. The third kappa shape index (κ3) is 2.18. The molecule has 0 radical (unpaired) electrons. The summed E-state index contributed by atoms with van der Waals surface area (Å²) < 4.78 is 0. The van der Waals surface area contributed by atoms with Gasteiger partial charge in [-0.15, -0.1) is 0 Å². The zero-order valence-corrected chi connectivity index (χ0v) is 9.16. The van der Waals surface area contributed by atoms with Gasteiger partial charge >= 0.3 is 0 Å². The van der Waals surface area contributed by atoms with Crippen LogP contribution in [0.25, 0.3) is 0 Å². The molecule has 1 aliphatic rings. The van der Waals surface area contributed by atoms with Crippen molar-refractivity contribution in [1.29, 1.82) is 0 Å². The molecule has 0 unspecified atom stereocenters. The fourth-order valence-electron chi connectivity index (χ4n) is 1.73. The van der Waals surface area contributed by atoms with Crippen molar-refractivity contribution >= 4 is 5.84 Å². The Hall–Kier alpha value is -1.35. The van der Waals surface area contributed by atoms with E-state index in [2.05, 4.69) is 17.4 Å². The average molecular weight is 204 g/mol. The second-order valence-corrected chi connectivity index (χ2v) is 3.96. The minimum absolute atomic E-state index is 0.403. The lowest BCUT2D eigenvalue weighted by atomic mass is 10.1. The van der Waals surface area contributed by atoms with Gasteiger partial charge in [0.2, 0.25) is 0 Å². The highest BCUT2D eigenvalue weighted by molar-refractivity contribution is 5.99. The van der Waals surface area contributed by atoms with Crippen molar-refractivity contribution in [3.8, 4) is 0 Å². The first kappa shape index (κ1) is 10.2. The maximum Gasteiger partial charge on any atom is 0.184 e. The first-order chi connectivity index (χ1) is 7.23. The van der Waals surface area contributed by atoms with Gasteiger partial charge in [0.15, 0.2) is 11.6 Å². The zero-order valence-electron chi connectivity index (χ0n) is 9.16. The van der Waals surface area contributed by atoms with Gasteiger partial charge in [-0.2, -0.15) is 0 Å². The molecule has 3 nitrogen and oxygen atoms in total. The van der Waals surface area contributed by atoms with E-state index in [9.17, 15) is 0 Å². The van der Waals surface area contributed by atoms with Crippen LogP contribution in [0.1, 0.15) is 32.3 Å². The molecule has 0 bridgehead atoms. The van der Waals surface area contributed by atoms with E-state index in [1.807, 2.05) is 37.3 Å². The number of hydrogen-bond acceptors (Lipinski definition) is 3. The molecule has 1 aromatic carbocycles. The van der Waals surface area contributed by atoms with Gasteiger partial charge in [0.05, 0.1) is 0 Å². The SMILES string of the molecule is CCC[C@@]1(C)N=C(c2ccccc2)NO1. The summed E-state index contributed by atoms with van der Waals surface area (Å²) in [7, 11) is 0. The fraction of sp³-hybridized carbons (Fsp3) is 0.417. The Morgan fingerprint density at radius 1 is 1.33 bits per heavy atom. The highest BCUT2D eigenvalue weighted by Crippen LogP contribution is 2.23. The van der Waals surface area contributed by atoms with Crippen LogP contribution >= 0.6 is 0 Å². The summed E-state index contributed by atoms with van der Waals surface area (Å²) in [5.41, 5.74) is 3.56. The van der Waals surface area contributed by atoms with Gasteiger partial charge in [0, 0.05) is 5.56 Å². The Kier molecular flexibility index (Phi) is 2.73. The topological polar surface area (TPSA) is 33.6 Å². The highest BCUT2D eigenvalue weighted by atomic mass is 16.7. The van der Waals surface area contributed by atoms with Gasteiger partial charge in [-0.25, -0.2) is 15.3 Å². The van der Waals surface area contributed by atoms with E-state index in [-0.39, 0.29) is 0 Å². The Bertz CT molecular complexity index is 361. The maximum atomic E-state index is 5.49. The highest BCUT2D eigenvalue weighted by Gasteiger charge is 2.30. The molecule has 1 aromatic rings. The van der Waals surface area contributed by atoms with Crippen LogP contribution in [0, 0.1) is 0 Å². The molecule has 1 N–H and O–H groups in total. The number of nitrogens with one attached hydrogen (secondary N) is 1. The molecule has 0 amide bonds. The number of rotatable bonds is 3. The van der Waals surface area contributed by atoms with Crippen LogP contribution < -0.4 is 5.48 Å². The van der Waals surface area contributed by atoms with Crippen LogP contribution in [-0.4, -0.2) is 11.6 Å². The number of hydrogen-bond donors (Lipinski definition) is 1. The fourth-order valence-corrected chi connectivity index (χ4v) is 1.73. The van der Waals surface area contributed by atoms with E-state index in [0.29, 0.717) is 0 Å². The van der Waals surface area contributed by atoms with Crippen LogP contribution in [0.4, 0.5) is 0 Å². The Morgan fingerprint density at radius 3 is 2.73 bits per heavy atom. The Morgan fingerprint density at radius 2 is 2.07 bits per heavy atom. The molecule has 15 heavy (non-hydrogen) atoms. The summed E-state index contributed by atoms with van der Waals surface area (Å²) in [6.45, 7) is 4.13. The average Bonchev–Trinajstić information content (AvgIpc) is 2.63. The number of nitrogens with zero attached hydrogens (tertiary/aromatic N) is 1. The first-order valence-corrected chi connectivity index (χ1v) is 5.33. The minimum atomic E-state index is -0.403. The van der Waals surface area contributed by atoms with E-state index in [1.165, 1.54) is 0 Å². The molecule has 1 aliphatic heterocycles. The molecule has 0 aromatic heterocycles. The van der Waals surface area contributed by atoms with Crippen molar-refractivity contribution in [1.82, 2.24) is 5.48 Å². The molecule has 1 heterocycles. The van der Waals surface area contributed by atoms with Crippen LogP contribution in [0.3, 0.4) is 0 Å². The Labute approximate surface area is 90.1 Å². The van der Waals surface area contributed by atoms with Crippen molar-refractivity contribution in [3.63, 3.8) is 0 Å². The van der Waals surface area contributed by atoms with Crippen LogP contribution in [0.15, 0.2) is 35.3 Å². The molecule has 3 heteroatoms. The lowest BCUT2D eigenvalue weighted by molar-refractivity contribution is -0.0464. The predicted molar refractivity (Wildman–Crippen MR) is 60.5 cm³/mol. The standard InChI is InChI=1S/C12H16N2O/c1-3-9-12(2)13-11(14-15-12)10-7-5-4-6-8-10/h4-8H,3,9H2,1-2H3,(H,13,14)/t12-/m0/s1. The van der Waals surface area contributed by atoms with Crippen molar-refractivity contribution < 1.29 is 4.84 Å². The number of benzene rings is 1. The molecule has 0 fully saturated rings. The maximum absolute atomic E-state index is 5.49. The lowest BCUT2D eigenvalue weighted by Gasteiger charge is -2.16. The number of hydroxylamine groups is 1. The second kappa shape index (κ2) is 4.03. The Balaban J connectivity index is 2.20. The van der Waals surface area contributed by atoms with Crippen molar-refractivity contribution in [3.05, 3.63) is 35.9 Å². The molecular weight excluding hydrogens is 188 g/mol. The summed E-state index contributed by atoms with van der Waals surface area (Å²) in [5.74, 6) is 0.826. The van der Waals surface area contributed by atoms with Crippen molar-refractivity contribution in [2.75, 3.05) is 0 Å².